The first kappa shape index (κ1) is 24.0. The maximum absolute atomic E-state index is 13.3. The summed E-state index contributed by atoms with van der Waals surface area (Å²) in [6.45, 7) is 4.21. The van der Waals surface area contributed by atoms with Crippen LogP contribution in [0.3, 0.4) is 0 Å². The van der Waals surface area contributed by atoms with Crippen molar-refractivity contribution in [2.75, 3.05) is 13.2 Å². The Labute approximate surface area is 189 Å². The quantitative estimate of drug-likeness (QED) is 0.436. The summed E-state index contributed by atoms with van der Waals surface area (Å²) >= 11 is 0. The van der Waals surface area contributed by atoms with Crippen molar-refractivity contribution >= 4 is 11.6 Å². The summed E-state index contributed by atoms with van der Waals surface area (Å²) < 4.78 is 11.5. The molecule has 32 heavy (non-hydrogen) atoms. The number of hydrogen-bond donors (Lipinski definition) is 2. The van der Waals surface area contributed by atoms with Gasteiger partial charge >= 0.3 is 0 Å². The van der Waals surface area contributed by atoms with Crippen LogP contribution in [0.2, 0.25) is 0 Å². The zero-order valence-corrected chi connectivity index (χ0v) is 18.8. The lowest BCUT2D eigenvalue weighted by Crippen LogP contribution is -2.25. The topological polar surface area (TPSA) is 93.1 Å². The van der Waals surface area contributed by atoms with Crippen LogP contribution >= 0.6 is 0 Å². The van der Waals surface area contributed by atoms with E-state index < -0.39 is 12.2 Å². The summed E-state index contributed by atoms with van der Waals surface area (Å²) in [5.41, 5.74) is 0.942. The smallest absolute Gasteiger partial charge is 0.198 e. The largest absolute Gasteiger partial charge is 0.490 e. The molecule has 2 aromatic rings. The second-order valence-corrected chi connectivity index (χ2v) is 8.23. The summed E-state index contributed by atoms with van der Waals surface area (Å²) in [5.74, 6) is -0.0397. The number of unbranched alkanes of at least 4 members (excludes halogenated alkanes) is 2. The average Bonchev–Trinajstić information content (AvgIpc) is 2.81. The van der Waals surface area contributed by atoms with Gasteiger partial charge in [-0.15, -0.1) is 0 Å². The fourth-order valence-corrected chi connectivity index (χ4v) is 3.84. The maximum atomic E-state index is 13.3. The highest BCUT2D eigenvalue weighted by molar-refractivity contribution is 6.30. The van der Waals surface area contributed by atoms with Crippen molar-refractivity contribution in [1.82, 2.24) is 0 Å². The molecule has 6 nitrogen and oxygen atoms in total. The predicted octanol–water partition coefficient (Wildman–Crippen LogP) is 4.32. The van der Waals surface area contributed by atoms with Crippen molar-refractivity contribution in [2.45, 2.75) is 64.6 Å². The lowest BCUT2D eigenvalue weighted by atomic mass is 9.83. The third kappa shape index (κ3) is 5.37. The van der Waals surface area contributed by atoms with Gasteiger partial charge in [-0.2, -0.15) is 0 Å². The minimum absolute atomic E-state index is 0.0591. The van der Waals surface area contributed by atoms with Gasteiger partial charge < -0.3 is 19.7 Å². The normalized spacial score (nSPS) is 14.5. The molecule has 2 N–H and O–H groups in total. The molecular formula is C26H32O6. The molecule has 1 aliphatic carbocycles. The van der Waals surface area contributed by atoms with E-state index in [0.29, 0.717) is 24.3 Å². The molecule has 0 saturated heterocycles. The number of benzene rings is 2. The van der Waals surface area contributed by atoms with Crippen LogP contribution in [0, 0.1) is 0 Å². The first-order valence-electron chi connectivity index (χ1n) is 11.4. The van der Waals surface area contributed by atoms with E-state index in [9.17, 15) is 19.8 Å². The van der Waals surface area contributed by atoms with Gasteiger partial charge in [-0.05, 0) is 25.0 Å². The van der Waals surface area contributed by atoms with Crippen LogP contribution in [-0.4, -0.2) is 47.2 Å². The standard InChI is InChI=1S/C26H32O6/c1-3-5-9-17(27)15-31-21-13-7-11-19-23(21)25(29)20-12-8-14-22(24(20)26(19)30)32-16-18(28)10-6-4-2/h7-8,11-14,17-18,27-28H,3-6,9-10,15-16H2,1-2H3. The molecule has 0 radical (unpaired) electrons. The van der Waals surface area contributed by atoms with Gasteiger partial charge in [0.05, 0.1) is 23.3 Å². The third-order valence-corrected chi connectivity index (χ3v) is 5.64. The minimum atomic E-state index is -0.633. The van der Waals surface area contributed by atoms with Crippen LogP contribution in [0.5, 0.6) is 11.5 Å². The predicted molar refractivity (Wildman–Crippen MR) is 122 cm³/mol. The van der Waals surface area contributed by atoms with Crippen molar-refractivity contribution < 1.29 is 29.3 Å². The number of fused-ring (bicyclic) bond motifs is 2. The average molecular weight is 441 g/mol. The van der Waals surface area contributed by atoms with Gasteiger partial charge in [-0.3, -0.25) is 9.59 Å². The number of carbonyl (C=O) groups is 2. The van der Waals surface area contributed by atoms with Gasteiger partial charge in [0, 0.05) is 11.1 Å². The number of carbonyl (C=O) groups excluding carboxylic acids is 2. The molecule has 172 valence electrons. The lowest BCUT2D eigenvalue weighted by molar-refractivity contribution is 0.0906. The molecule has 3 rings (SSSR count). The Hall–Kier alpha value is -2.70. The molecule has 6 heteroatoms. The Morgan fingerprint density at radius 1 is 0.719 bits per heavy atom. The molecule has 1 aliphatic rings. The minimum Gasteiger partial charge on any atom is -0.490 e. The van der Waals surface area contributed by atoms with Crippen LogP contribution in [0.4, 0.5) is 0 Å². The van der Waals surface area contributed by atoms with Gasteiger partial charge in [0.25, 0.3) is 0 Å². The van der Waals surface area contributed by atoms with Crippen molar-refractivity contribution in [3.05, 3.63) is 58.7 Å². The van der Waals surface area contributed by atoms with E-state index in [1.807, 2.05) is 13.8 Å². The number of aliphatic hydroxyl groups is 2. The Kier molecular flexibility index (Phi) is 8.42. The third-order valence-electron chi connectivity index (χ3n) is 5.64. The summed E-state index contributed by atoms with van der Waals surface area (Å²) in [6.07, 6.45) is 3.69. The van der Waals surface area contributed by atoms with E-state index in [1.54, 1.807) is 36.4 Å². The van der Waals surface area contributed by atoms with E-state index in [-0.39, 0.29) is 47.0 Å². The molecule has 2 unspecified atom stereocenters. The van der Waals surface area contributed by atoms with Crippen LogP contribution < -0.4 is 9.47 Å². The highest BCUT2D eigenvalue weighted by Gasteiger charge is 2.34. The van der Waals surface area contributed by atoms with Gasteiger partial charge in [-0.25, -0.2) is 0 Å². The van der Waals surface area contributed by atoms with Gasteiger partial charge in [0.15, 0.2) is 11.6 Å². The van der Waals surface area contributed by atoms with Crippen LogP contribution in [0.25, 0.3) is 0 Å². The van der Waals surface area contributed by atoms with Crippen LogP contribution in [-0.2, 0) is 0 Å². The summed E-state index contributed by atoms with van der Waals surface area (Å²) in [4.78, 5) is 26.6. The second-order valence-electron chi connectivity index (χ2n) is 8.23. The van der Waals surface area contributed by atoms with Crippen molar-refractivity contribution in [3.8, 4) is 11.5 Å². The van der Waals surface area contributed by atoms with Gasteiger partial charge in [0.1, 0.15) is 24.7 Å². The van der Waals surface area contributed by atoms with Crippen molar-refractivity contribution in [1.29, 1.82) is 0 Å². The SMILES string of the molecule is CCCCC(O)COc1cccc2c1C(=O)c1cccc(OCC(O)CCCC)c1C2=O. The first-order valence-corrected chi connectivity index (χ1v) is 11.4. The number of rotatable bonds is 12. The molecule has 0 aromatic heterocycles. The molecule has 0 saturated carbocycles. The van der Waals surface area contributed by atoms with Crippen LogP contribution in [0.15, 0.2) is 36.4 Å². The number of aliphatic hydroxyl groups excluding tert-OH is 2. The lowest BCUT2D eigenvalue weighted by Gasteiger charge is -2.23. The van der Waals surface area contributed by atoms with Gasteiger partial charge in [0.2, 0.25) is 0 Å². The van der Waals surface area contributed by atoms with E-state index in [2.05, 4.69) is 0 Å². The Bertz CT molecular complexity index is 874. The highest BCUT2D eigenvalue weighted by atomic mass is 16.5. The van der Waals surface area contributed by atoms with Gasteiger partial charge in [-0.1, -0.05) is 63.8 Å². The van der Waals surface area contributed by atoms with Crippen LogP contribution in [0.1, 0.15) is 84.2 Å². The van der Waals surface area contributed by atoms with Crippen molar-refractivity contribution in [2.24, 2.45) is 0 Å². The molecule has 2 atom stereocenters. The van der Waals surface area contributed by atoms with E-state index in [4.69, 9.17) is 9.47 Å². The first-order chi connectivity index (χ1) is 15.5. The summed E-state index contributed by atoms with van der Waals surface area (Å²) in [7, 11) is 0. The second kappa shape index (κ2) is 11.2. The molecule has 0 spiro atoms. The summed E-state index contributed by atoms with van der Waals surface area (Å²) in [5, 5.41) is 20.2. The Morgan fingerprint density at radius 2 is 1.12 bits per heavy atom. The molecule has 0 aliphatic heterocycles. The molecular weight excluding hydrogens is 408 g/mol. The van der Waals surface area contributed by atoms with E-state index in [0.717, 1.165) is 25.7 Å². The fraction of sp³-hybridized carbons (Fsp3) is 0.462. The molecule has 0 fully saturated rings. The Morgan fingerprint density at radius 3 is 1.50 bits per heavy atom. The number of ketones is 2. The fourth-order valence-electron chi connectivity index (χ4n) is 3.84. The monoisotopic (exact) mass is 440 g/mol. The zero-order chi connectivity index (χ0) is 23.1. The molecule has 2 aromatic carbocycles. The Balaban J connectivity index is 1.84. The maximum Gasteiger partial charge on any atom is 0.198 e. The highest BCUT2D eigenvalue weighted by Crippen LogP contribution is 2.37. The molecule has 0 amide bonds. The van der Waals surface area contributed by atoms with E-state index >= 15 is 0 Å². The summed E-state index contributed by atoms with van der Waals surface area (Å²) in [6, 6.07) is 9.83. The molecule has 0 bridgehead atoms. The zero-order valence-electron chi connectivity index (χ0n) is 18.8. The van der Waals surface area contributed by atoms with E-state index in [1.165, 1.54) is 0 Å². The van der Waals surface area contributed by atoms with Crippen molar-refractivity contribution in [3.63, 3.8) is 0 Å². The molecule has 0 heterocycles. The number of hydrogen-bond acceptors (Lipinski definition) is 6. The number of ether oxygens (including phenoxy) is 2.